The maximum Gasteiger partial charge on any atom is 0.342 e. The molecule has 0 aromatic heterocycles. The zero-order valence-corrected chi connectivity index (χ0v) is 13.4. The SMILES string of the molecule is COC(=O)C12OC(F)C(OC(C)=O)C1C(OC(C)=O)C2OC(C)=O. The first-order chi connectivity index (χ1) is 11.1. The summed E-state index contributed by atoms with van der Waals surface area (Å²) in [6.45, 7) is 3.20. The molecule has 6 atom stereocenters. The first-order valence-electron chi connectivity index (χ1n) is 7.07. The predicted octanol–water partition coefficient (Wildman–Crippen LogP) is -0.351. The smallest absolute Gasteiger partial charge is 0.342 e. The fourth-order valence-corrected chi connectivity index (χ4v) is 3.18. The molecular weight excluding hydrogens is 331 g/mol. The van der Waals surface area contributed by atoms with Crippen LogP contribution in [0.4, 0.5) is 4.39 Å². The van der Waals surface area contributed by atoms with E-state index in [0.717, 1.165) is 27.9 Å². The molecule has 2 aliphatic rings. The summed E-state index contributed by atoms with van der Waals surface area (Å²) in [7, 11) is 1.04. The van der Waals surface area contributed by atoms with Crippen LogP contribution in [0.25, 0.3) is 0 Å². The van der Waals surface area contributed by atoms with E-state index in [2.05, 4.69) is 4.74 Å². The highest BCUT2D eigenvalue weighted by Gasteiger charge is 2.81. The van der Waals surface area contributed by atoms with Gasteiger partial charge in [0.15, 0.2) is 18.3 Å². The van der Waals surface area contributed by atoms with E-state index in [4.69, 9.17) is 18.9 Å². The number of carbonyl (C=O) groups excluding carboxylic acids is 4. The minimum Gasteiger partial charge on any atom is -0.467 e. The molecule has 1 aliphatic heterocycles. The van der Waals surface area contributed by atoms with Crippen LogP contribution < -0.4 is 0 Å². The van der Waals surface area contributed by atoms with Crippen LogP contribution in [0.1, 0.15) is 20.8 Å². The Hall–Kier alpha value is -2.23. The molecule has 0 radical (unpaired) electrons. The molecule has 0 aromatic carbocycles. The van der Waals surface area contributed by atoms with Crippen LogP contribution in [-0.2, 0) is 42.9 Å². The number of esters is 4. The van der Waals surface area contributed by atoms with Gasteiger partial charge in [0, 0.05) is 20.8 Å². The Kier molecular flexibility index (Phi) is 4.79. The van der Waals surface area contributed by atoms with E-state index in [1.807, 2.05) is 0 Å². The van der Waals surface area contributed by atoms with E-state index < -0.39 is 60.1 Å². The molecule has 9 nitrogen and oxygen atoms in total. The van der Waals surface area contributed by atoms with Gasteiger partial charge in [-0.05, 0) is 0 Å². The molecule has 6 unspecified atom stereocenters. The fraction of sp³-hybridized carbons (Fsp3) is 0.714. The fourth-order valence-electron chi connectivity index (χ4n) is 3.18. The molecule has 1 saturated heterocycles. The Morgan fingerprint density at radius 1 is 0.917 bits per heavy atom. The number of fused-ring (bicyclic) bond motifs is 1. The number of alkyl halides is 1. The van der Waals surface area contributed by atoms with Gasteiger partial charge in [-0.25, -0.2) is 9.18 Å². The maximum absolute atomic E-state index is 14.3. The van der Waals surface area contributed by atoms with Gasteiger partial charge in [0.2, 0.25) is 12.0 Å². The van der Waals surface area contributed by atoms with Gasteiger partial charge in [0.25, 0.3) is 0 Å². The highest BCUT2D eigenvalue weighted by atomic mass is 19.1. The largest absolute Gasteiger partial charge is 0.467 e. The zero-order valence-electron chi connectivity index (χ0n) is 13.4. The molecule has 0 aromatic rings. The molecule has 1 heterocycles. The summed E-state index contributed by atoms with van der Waals surface area (Å²) >= 11 is 0. The van der Waals surface area contributed by atoms with Crippen molar-refractivity contribution in [1.82, 2.24) is 0 Å². The Labute approximate surface area is 136 Å². The minimum absolute atomic E-state index is 0.750. The Balaban J connectivity index is 2.44. The van der Waals surface area contributed by atoms with E-state index in [0.29, 0.717) is 0 Å². The van der Waals surface area contributed by atoms with Crippen molar-refractivity contribution in [1.29, 1.82) is 0 Å². The van der Waals surface area contributed by atoms with Gasteiger partial charge in [0.1, 0.15) is 0 Å². The molecule has 1 aliphatic carbocycles. The van der Waals surface area contributed by atoms with Gasteiger partial charge in [-0.2, -0.15) is 0 Å². The van der Waals surface area contributed by atoms with Crippen LogP contribution in [-0.4, -0.2) is 61.3 Å². The topological polar surface area (TPSA) is 114 Å². The van der Waals surface area contributed by atoms with Gasteiger partial charge < -0.3 is 23.7 Å². The van der Waals surface area contributed by atoms with Crippen LogP contribution >= 0.6 is 0 Å². The lowest BCUT2D eigenvalue weighted by Crippen LogP contribution is -2.75. The molecule has 10 heteroatoms. The number of ether oxygens (including phenoxy) is 5. The van der Waals surface area contributed by atoms with Crippen molar-refractivity contribution in [3.05, 3.63) is 0 Å². The van der Waals surface area contributed by atoms with Crippen molar-refractivity contribution in [2.24, 2.45) is 5.92 Å². The highest BCUT2D eigenvalue weighted by molar-refractivity contribution is 5.85. The maximum atomic E-state index is 14.3. The molecule has 2 fully saturated rings. The third-order valence-corrected chi connectivity index (χ3v) is 3.89. The summed E-state index contributed by atoms with van der Waals surface area (Å²) < 4.78 is 38.8. The van der Waals surface area contributed by atoms with E-state index >= 15 is 0 Å². The summed E-state index contributed by atoms with van der Waals surface area (Å²) in [6, 6.07) is 0. The Morgan fingerprint density at radius 2 is 1.42 bits per heavy atom. The molecule has 1 saturated carbocycles. The zero-order chi connectivity index (χ0) is 18.2. The van der Waals surface area contributed by atoms with Gasteiger partial charge in [-0.15, -0.1) is 0 Å². The van der Waals surface area contributed by atoms with Crippen LogP contribution in [0.15, 0.2) is 0 Å². The molecule has 24 heavy (non-hydrogen) atoms. The molecule has 0 spiro atoms. The van der Waals surface area contributed by atoms with Gasteiger partial charge in [-0.1, -0.05) is 0 Å². The lowest BCUT2D eigenvalue weighted by atomic mass is 9.63. The van der Waals surface area contributed by atoms with E-state index in [1.54, 1.807) is 0 Å². The van der Waals surface area contributed by atoms with Gasteiger partial charge in [-0.3, -0.25) is 14.4 Å². The van der Waals surface area contributed by atoms with Crippen LogP contribution in [0.5, 0.6) is 0 Å². The van der Waals surface area contributed by atoms with Crippen LogP contribution in [0, 0.1) is 5.92 Å². The number of rotatable bonds is 4. The quantitative estimate of drug-likeness (QED) is 0.496. The number of carbonyl (C=O) groups is 4. The first-order valence-corrected chi connectivity index (χ1v) is 7.07. The van der Waals surface area contributed by atoms with Crippen molar-refractivity contribution in [3.8, 4) is 0 Å². The van der Waals surface area contributed by atoms with E-state index in [-0.39, 0.29) is 0 Å². The van der Waals surface area contributed by atoms with Gasteiger partial charge >= 0.3 is 23.9 Å². The van der Waals surface area contributed by atoms with Crippen molar-refractivity contribution in [2.45, 2.75) is 51.0 Å². The Bertz CT molecular complexity index is 577. The lowest BCUT2D eigenvalue weighted by molar-refractivity contribution is -0.273. The van der Waals surface area contributed by atoms with E-state index in [9.17, 15) is 23.6 Å². The van der Waals surface area contributed by atoms with Crippen molar-refractivity contribution >= 4 is 23.9 Å². The lowest BCUT2D eigenvalue weighted by Gasteiger charge is -2.51. The number of hydrogen-bond acceptors (Lipinski definition) is 9. The molecule has 134 valence electrons. The second kappa shape index (κ2) is 6.34. The van der Waals surface area contributed by atoms with Crippen molar-refractivity contribution in [3.63, 3.8) is 0 Å². The molecular formula is C14H17FO9. The van der Waals surface area contributed by atoms with Crippen LogP contribution in [0.2, 0.25) is 0 Å². The summed E-state index contributed by atoms with van der Waals surface area (Å²) in [5, 5.41) is 0. The number of halogens is 1. The van der Waals surface area contributed by atoms with Crippen LogP contribution in [0.3, 0.4) is 0 Å². The first kappa shape index (κ1) is 18.1. The second-order valence-electron chi connectivity index (χ2n) is 5.46. The number of hydrogen-bond donors (Lipinski definition) is 0. The number of methoxy groups -OCH3 is 1. The van der Waals surface area contributed by atoms with E-state index in [1.165, 1.54) is 0 Å². The third kappa shape index (κ3) is 2.70. The molecule has 0 amide bonds. The molecule has 2 rings (SSSR count). The van der Waals surface area contributed by atoms with Crippen molar-refractivity contribution < 1.29 is 47.3 Å². The summed E-state index contributed by atoms with van der Waals surface area (Å²) in [5.74, 6) is -4.60. The van der Waals surface area contributed by atoms with Crippen molar-refractivity contribution in [2.75, 3.05) is 7.11 Å². The van der Waals surface area contributed by atoms with Gasteiger partial charge in [0.05, 0.1) is 13.0 Å². The molecule has 0 bridgehead atoms. The average molecular weight is 348 g/mol. The second-order valence-corrected chi connectivity index (χ2v) is 5.46. The minimum atomic E-state index is -2.18. The summed E-state index contributed by atoms with van der Waals surface area (Å²) in [4.78, 5) is 46.0. The normalized spacial score (nSPS) is 36.8. The standard InChI is InChI=1S/C14H17FO9/c1-5(16)21-9-8-10(22-6(2)17)12(15)24-14(8,13(19)20-4)11(9)23-7(3)18/h8-12H,1-4H3. The Morgan fingerprint density at radius 3 is 1.88 bits per heavy atom. The predicted molar refractivity (Wildman–Crippen MR) is 70.9 cm³/mol. The highest BCUT2D eigenvalue weighted by Crippen LogP contribution is 2.55. The summed E-state index contributed by atoms with van der Waals surface area (Å²) in [6.07, 6.45) is -6.35. The molecule has 0 N–H and O–H groups in total. The summed E-state index contributed by atoms with van der Waals surface area (Å²) in [5.41, 5.74) is -2.06. The third-order valence-electron chi connectivity index (χ3n) is 3.89. The monoisotopic (exact) mass is 348 g/mol. The average Bonchev–Trinajstić information content (AvgIpc) is 2.71.